The molecule has 0 radical (unpaired) electrons. The monoisotopic (exact) mass is 412 g/mol. The van der Waals surface area contributed by atoms with Crippen LogP contribution in [0.1, 0.15) is 11.1 Å². The van der Waals surface area contributed by atoms with Crippen molar-refractivity contribution >= 4 is 40.6 Å². The standard InChI is InChI=1S/C21H20N2O5S/c1-13-10-14(4-9-17(13)28-3)11-18-20(25)23(21(26)29-18)12-19(24)22-15-5-7-16(27-2)8-6-15/h4-11H,12H2,1-3H3,(H,22,24)/b18-11+. The summed E-state index contributed by atoms with van der Waals surface area (Å²) in [6.07, 6.45) is 1.64. The Morgan fingerprint density at radius 1 is 1.10 bits per heavy atom. The summed E-state index contributed by atoms with van der Waals surface area (Å²) in [5.41, 5.74) is 2.24. The van der Waals surface area contributed by atoms with E-state index < -0.39 is 17.1 Å². The van der Waals surface area contributed by atoms with Crippen molar-refractivity contribution in [3.8, 4) is 11.5 Å². The minimum atomic E-state index is -0.488. The van der Waals surface area contributed by atoms with Gasteiger partial charge in [0, 0.05) is 5.69 Å². The quantitative estimate of drug-likeness (QED) is 0.729. The van der Waals surface area contributed by atoms with E-state index in [-0.39, 0.29) is 11.4 Å². The topological polar surface area (TPSA) is 84.9 Å². The maximum Gasteiger partial charge on any atom is 0.294 e. The van der Waals surface area contributed by atoms with Crippen LogP contribution in [0.4, 0.5) is 10.5 Å². The van der Waals surface area contributed by atoms with Gasteiger partial charge in [-0.05, 0) is 72.3 Å². The second kappa shape index (κ2) is 8.83. The molecule has 7 nitrogen and oxygen atoms in total. The van der Waals surface area contributed by atoms with Gasteiger partial charge in [0.05, 0.1) is 19.1 Å². The molecule has 0 spiro atoms. The van der Waals surface area contributed by atoms with Crippen molar-refractivity contribution in [3.05, 3.63) is 58.5 Å². The highest BCUT2D eigenvalue weighted by atomic mass is 32.2. The summed E-state index contributed by atoms with van der Waals surface area (Å²) < 4.78 is 10.3. The third-order valence-electron chi connectivity index (χ3n) is 4.27. The number of nitrogens with zero attached hydrogens (tertiary/aromatic N) is 1. The number of hydrogen-bond acceptors (Lipinski definition) is 6. The summed E-state index contributed by atoms with van der Waals surface area (Å²) in [6.45, 7) is 1.54. The zero-order chi connectivity index (χ0) is 21.0. The van der Waals surface area contributed by atoms with Crippen molar-refractivity contribution in [1.82, 2.24) is 4.90 Å². The zero-order valence-electron chi connectivity index (χ0n) is 16.2. The fraction of sp³-hybridized carbons (Fsp3) is 0.190. The van der Waals surface area contributed by atoms with E-state index in [4.69, 9.17) is 9.47 Å². The van der Waals surface area contributed by atoms with Crippen molar-refractivity contribution in [2.45, 2.75) is 6.92 Å². The number of hydrogen-bond donors (Lipinski definition) is 1. The number of thioether (sulfide) groups is 1. The molecule has 1 heterocycles. The largest absolute Gasteiger partial charge is 0.497 e. The van der Waals surface area contributed by atoms with Crippen LogP contribution >= 0.6 is 11.8 Å². The van der Waals surface area contributed by atoms with Crippen molar-refractivity contribution < 1.29 is 23.9 Å². The maximum atomic E-state index is 12.6. The fourth-order valence-corrected chi connectivity index (χ4v) is 3.64. The SMILES string of the molecule is COc1ccc(NC(=O)CN2C(=O)S/C(=C/c3ccc(OC)c(C)c3)C2=O)cc1. The highest BCUT2D eigenvalue weighted by Crippen LogP contribution is 2.32. The molecule has 0 bridgehead atoms. The first-order valence-electron chi connectivity index (χ1n) is 8.75. The fourth-order valence-electron chi connectivity index (χ4n) is 2.80. The van der Waals surface area contributed by atoms with Gasteiger partial charge in [0.25, 0.3) is 11.1 Å². The van der Waals surface area contributed by atoms with E-state index in [2.05, 4.69) is 5.32 Å². The summed E-state index contributed by atoms with van der Waals surface area (Å²) in [5.74, 6) is 0.454. The number of ether oxygens (including phenoxy) is 2. The molecule has 0 atom stereocenters. The van der Waals surface area contributed by atoms with Crippen molar-refractivity contribution in [2.75, 3.05) is 26.1 Å². The van der Waals surface area contributed by atoms with Crippen molar-refractivity contribution in [3.63, 3.8) is 0 Å². The van der Waals surface area contributed by atoms with Gasteiger partial charge in [-0.15, -0.1) is 0 Å². The zero-order valence-corrected chi connectivity index (χ0v) is 17.0. The molecule has 0 unspecified atom stereocenters. The van der Waals surface area contributed by atoms with Crippen LogP contribution in [0.3, 0.4) is 0 Å². The van der Waals surface area contributed by atoms with Crippen LogP contribution in [0.2, 0.25) is 0 Å². The molecule has 0 aromatic heterocycles. The van der Waals surface area contributed by atoms with E-state index in [1.54, 1.807) is 56.7 Å². The molecule has 1 aliphatic rings. The van der Waals surface area contributed by atoms with E-state index in [1.165, 1.54) is 0 Å². The van der Waals surface area contributed by atoms with Gasteiger partial charge in [0.1, 0.15) is 18.0 Å². The first kappa shape index (κ1) is 20.5. The molecular weight excluding hydrogens is 392 g/mol. The molecule has 2 aromatic carbocycles. The third kappa shape index (κ3) is 4.78. The summed E-state index contributed by atoms with van der Waals surface area (Å²) in [5, 5.41) is 2.19. The molecule has 1 aliphatic heterocycles. The summed E-state index contributed by atoms with van der Waals surface area (Å²) in [7, 11) is 3.14. The Morgan fingerprint density at radius 3 is 2.45 bits per heavy atom. The number of amides is 3. The molecule has 1 fully saturated rings. The Morgan fingerprint density at radius 2 is 1.83 bits per heavy atom. The average molecular weight is 412 g/mol. The molecule has 0 saturated carbocycles. The minimum Gasteiger partial charge on any atom is -0.497 e. The van der Waals surface area contributed by atoms with Gasteiger partial charge < -0.3 is 14.8 Å². The van der Waals surface area contributed by atoms with Crippen LogP contribution < -0.4 is 14.8 Å². The number of imide groups is 1. The van der Waals surface area contributed by atoms with Gasteiger partial charge in [0.2, 0.25) is 5.91 Å². The van der Waals surface area contributed by atoms with E-state index in [1.807, 2.05) is 13.0 Å². The lowest BCUT2D eigenvalue weighted by atomic mass is 10.1. The Labute approximate surface area is 172 Å². The van der Waals surface area contributed by atoms with Crippen LogP contribution in [-0.2, 0) is 9.59 Å². The molecule has 0 aliphatic carbocycles. The number of benzene rings is 2. The first-order valence-corrected chi connectivity index (χ1v) is 9.57. The molecule has 1 N–H and O–H groups in total. The molecule has 2 aromatic rings. The highest BCUT2D eigenvalue weighted by molar-refractivity contribution is 8.18. The molecular formula is C21H20N2O5S. The van der Waals surface area contributed by atoms with Gasteiger partial charge in [-0.25, -0.2) is 0 Å². The number of nitrogens with one attached hydrogen (secondary N) is 1. The van der Waals surface area contributed by atoms with Crippen LogP contribution in [0.25, 0.3) is 6.08 Å². The van der Waals surface area contributed by atoms with E-state index >= 15 is 0 Å². The Bertz CT molecular complexity index is 985. The number of methoxy groups -OCH3 is 2. The van der Waals surface area contributed by atoms with E-state index in [0.29, 0.717) is 11.4 Å². The Kier molecular flexibility index (Phi) is 6.23. The predicted octanol–water partition coefficient (Wildman–Crippen LogP) is 3.69. The molecule has 3 rings (SSSR count). The highest BCUT2D eigenvalue weighted by Gasteiger charge is 2.36. The number of aryl methyl sites for hydroxylation is 1. The Balaban J connectivity index is 1.68. The molecule has 8 heteroatoms. The Hall–Kier alpha value is -3.26. The summed E-state index contributed by atoms with van der Waals surface area (Å²) in [6, 6.07) is 12.2. The smallest absolute Gasteiger partial charge is 0.294 e. The average Bonchev–Trinajstić information content (AvgIpc) is 2.96. The first-order chi connectivity index (χ1) is 13.9. The van der Waals surface area contributed by atoms with E-state index in [9.17, 15) is 14.4 Å². The lowest BCUT2D eigenvalue weighted by Gasteiger charge is -2.12. The molecule has 3 amide bonds. The number of carbonyl (C=O) groups is 3. The van der Waals surface area contributed by atoms with Crippen LogP contribution in [-0.4, -0.2) is 42.7 Å². The lowest BCUT2D eigenvalue weighted by molar-refractivity contribution is -0.127. The predicted molar refractivity (Wildman–Crippen MR) is 112 cm³/mol. The summed E-state index contributed by atoms with van der Waals surface area (Å²) >= 11 is 0.816. The van der Waals surface area contributed by atoms with Crippen molar-refractivity contribution in [1.29, 1.82) is 0 Å². The van der Waals surface area contributed by atoms with Crippen LogP contribution in [0.15, 0.2) is 47.4 Å². The second-order valence-electron chi connectivity index (χ2n) is 6.27. The van der Waals surface area contributed by atoms with Crippen LogP contribution in [0, 0.1) is 6.92 Å². The van der Waals surface area contributed by atoms with E-state index in [0.717, 1.165) is 33.5 Å². The summed E-state index contributed by atoms with van der Waals surface area (Å²) in [4.78, 5) is 38.3. The van der Waals surface area contributed by atoms with Gasteiger partial charge in [0.15, 0.2) is 0 Å². The number of rotatable bonds is 6. The van der Waals surface area contributed by atoms with Gasteiger partial charge in [-0.2, -0.15) is 0 Å². The normalized spacial score (nSPS) is 15.0. The second-order valence-corrected chi connectivity index (χ2v) is 7.27. The lowest BCUT2D eigenvalue weighted by Crippen LogP contribution is -2.36. The third-order valence-corrected chi connectivity index (χ3v) is 5.17. The van der Waals surface area contributed by atoms with Gasteiger partial charge in [-0.3, -0.25) is 19.3 Å². The van der Waals surface area contributed by atoms with Crippen molar-refractivity contribution in [2.24, 2.45) is 0 Å². The number of anilines is 1. The molecule has 150 valence electrons. The maximum absolute atomic E-state index is 12.6. The molecule has 1 saturated heterocycles. The molecule has 29 heavy (non-hydrogen) atoms. The van der Waals surface area contributed by atoms with Crippen LogP contribution in [0.5, 0.6) is 11.5 Å². The minimum absolute atomic E-state index is 0.275. The number of carbonyl (C=O) groups excluding carboxylic acids is 3. The van der Waals surface area contributed by atoms with Gasteiger partial charge >= 0.3 is 0 Å². The van der Waals surface area contributed by atoms with Gasteiger partial charge in [-0.1, -0.05) is 6.07 Å².